The van der Waals surface area contributed by atoms with Gasteiger partial charge in [0.2, 0.25) is 16.0 Å². The molecule has 0 atom stereocenters. The van der Waals surface area contributed by atoms with Crippen molar-refractivity contribution in [2.24, 2.45) is 11.8 Å². The molecule has 1 aliphatic carbocycles. The predicted octanol–water partition coefficient (Wildman–Crippen LogP) is 4.59. The molecule has 4 rings (SSSR count). The number of aromatic nitrogens is 2. The Labute approximate surface area is 203 Å². The summed E-state index contributed by atoms with van der Waals surface area (Å²) < 4.78 is 27.9. The van der Waals surface area contributed by atoms with E-state index in [4.69, 9.17) is 9.97 Å². The highest BCUT2D eigenvalue weighted by Gasteiger charge is 2.23. The molecule has 182 valence electrons. The highest BCUT2D eigenvalue weighted by Crippen LogP contribution is 2.30. The molecule has 2 aromatic carbocycles. The average molecular weight is 482 g/mol. The number of anilines is 2. The van der Waals surface area contributed by atoms with Crippen LogP contribution < -0.4 is 14.9 Å². The maximum Gasteiger partial charge on any atom is 0.240 e. The van der Waals surface area contributed by atoms with Crippen molar-refractivity contribution in [1.29, 1.82) is 0 Å². The highest BCUT2D eigenvalue weighted by molar-refractivity contribution is 7.89. The predicted molar refractivity (Wildman–Crippen MR) is 139 cm³/mol. The number of benzene rings is 2. The molecule has 7 nitrogen and oxygen atoms in total. The Kier molecular flexibility index (Phi) is 7.68. The lowest BCUT2D eigenvalue weighted by molar-refractivity contribution is 0.284. The number of para-hydroxylation sites is 1. The summed E-state index contributed by atoms with van der Waals surface area (Å²) in [6.07, 6.45) is 4.18. The second-order valence-electron chi connectivity index (χ2n) is 9.33. The molecule has 1 aliphatic rings. The maximum atomic E-state index is 12.6. The molecule has 0 amide bonds. The highest BCUT2D eigenvalue weighted by atomic mass is 32.2. The van der Waals surface area contributed by atoms with Gasteiger partial charge in [0.1, 0.15) is 5.82 Å². The zero-order valence-electron chi connectivity index (χ0n) is 20.3. The molecule has 0 radical (unpaired) electrons. The first-order valence-electron chi connectivity index (χ1n) is 12.1. The van der Waals surface area contributed by atoms with Crippen molar-refractivity contribution in [2.45, 2.75) is 44.4 Å². The van der Waals surface area contributed by atoms with Crippen LogP contribution in [0.1, 0.15) is 38.2 Å². The molecule has 0 saturated heterocycles. The van der Waals surface area contributed by atoms with Gasteiger partial charge in [0.05, 0.1) is 10.4 Å². The van der Waals surface area contributed by atoms with Gasteiger partial charge >= 0.3 is 0 Å². The van der Waals surface area contributed by atoms with Crippen LogP contribution in [-0.4, -0.2) is 45.1 Å². The van der Waals surface area contributed by atoms with E-state index in [1.165, 1.54) is 0 Å². The minimum Gasteiger partial charge on any atom is -0.359 e. The fourth-order valence-corrected chi connectivity index (χ4v) is 5.60. The average Bonchev–Trinajstić information content (AvgIpc) is 2.86. The number of aryl methyl sites for hydroxylation is 1. The van der Waals surface area contributed by atoms with Crippen molar-refractivity contribution in [2.75, 3.05) is 36.9 Å². The van der Waals surface area contributed by atoms with Gasteiger partial charge in [-0.3, -0.25) is 0 Å². The molecular weight excluding hydrogens is 446 g/mol. The van der Waals surface area contributed by atoms with Crippen LogP contribution in [-0.2, 0) is 10.0 Å². The molecule has 8 heteroatoms. The number of hydrogen-bond donors (Lipinski definition) is 2. The first-order valence-corrected chi connectivity index (χ1v) is 13.6. The van der Waals surface area contributed by atoms with Crippen LogP contribution in [0.25, 0.3) is 10.9 Å². The van der Waals surface area contributed by atoms with E-state index < -0.39 is 10.0 Å². The number of hydrogen-bond acceptors (Lipinski definition) is 6. The Morgan fingerprint density at radius 3 is 2.26 bits per heavy atom. The van der Waals surface area contributed by atoms with E-state index in [1.807, 2.05) is 44.3 Å². The topological polar surface area (TPSA) is 87.2 Å². The summed E-state index contributed by atoms with van der Waals surface area (Å²) in [6, 6.07) is 15.1. The fraction of sp³-hybridized carbons (Fsp3) is 0.462. The first kappa shape index (κ1) is 24.4. The standard InChI is InChI=1S/C26H35N5O2S/c1-4-31(3)25-23-7-5-6-8-24(23)29-26(30-25)27-17-20-11-13-21(14-12-20)18-28-34(32,33)22-15-9-19(2)10-16-22/h5-10,15-16,20-21,28H,4,11-14,17-18H2,1-3H3,(H,27,29,30)/t20-,21-. The Bertz CT molecular complexity index is 1210. The van der Waals surface area contributed by atoms with Gasteiger partial charge < -0.3 is 10.2 Å². The SMILES string of the molecule is CCN(C)c1nc(NC[C@H]2CC[C@H](CNS(=O)(=O)c3ccc(C)cc3)CC2)nc2ccccc12. The molecule has 34 heavy (non-hydrogen) atoms. The maximum absolute atomic E-state index is 12.6. The van der Waals surface area contributed by atoms with E-state index in [0.29, 0.717) is 29.2 Å². The second kappa shape index (κ2) is 10.7. The largest absolute Gasteiger partial charge is 0.359 e. The first-order chi connectivity index (χ1) is 16.4. The van der Waals surface area contributed by atoms with Crippen molar-refractivity contribution in [3.05, 3.63) is 54.1 Å². The Morgan fingerprint density at radius 2 is 1.59 bits per heavy atom. The van der Waals surface area contributed by atoms with Crippen LogP contribution in [0.5, 0.6) is 0 Å². The quantitative estimate of drug-likeness (QED) is 0.465. The fourth-order valence-electron chi connectivity index (χ4n) is 4.48. The van der Waals surface area contributed by atoms with Crippen molar-refractivity contribution < 1.29 is 8.42 Å². The van der Waals surface area contributed by atoms with Crippen LogP contribution in [0.4, 0.5) is 11.8 Å². The van der Waals surface area contributed by atoms with E-state index in [0.717, 1.165) is 61.1 Å². The lowest BCUT2D eigenvalue weighted by atomic mass is 9.82. The molecule has 3 aromatic rings. The molecule has 1 heterocycles. The summed E-state index contributed by atoms with van der Waals surface area (Å²) in [7, 11) is -1.40. The van der Waals surface area contributed by atoms with Gasteiger partial charge in [0.15, 0.2) is 0 Å². The molecule has 1 aromatic heterocycles. The van der Waals surface area contributed by atoms with Gasteiger partial charge in [-0.2, -0.15) is 4.98 Å². The van der Waals surface area contributed by atoms with E-state index >= 15 is 0 Å². The number of nitrogens with one attached hydrogen (secondary N) is 2. The van der Waals surface area contributed by atoms with Crippen molar-refractivity contribution in [3.63, 3.8) is 0 Å². The van der Waals surface area contributed by atoms with E-state index in [9.17, 15) is 8.42 Å². The monoisotopic (exact) mass is 481 g/mol. The Hall–Kier alpha value is -2.71. The number of nitrogens with zero attached hydrogens (tertiary/aromatic N) is 3. The summed E-state index contributed by atoms with van der Waals surface area (Å²) in [5, 5.41) is 4.52. The summed E-state index contributed by atoms with van der Waals surface area (Å²) in [4.78, 5) is 12.0. The zero-order chi connectivity index (χ0) is 24.1. The summed E-state index contributed by atoms with van der Waals surface area (Å²) >= 11 is 0. The normalized spacial score (nSPS) is 18.7. The van der Waals surface area contributed by atoms with Crippen molar-refractivity contribution in [3.8, 4) is 0 Å². The van der Waals surface area contributed by atoms with Gasteiger partial charge in [-0.05, 0) is 75.6 Å². The van der Waals surface area contributed by atoms with Crippen molar-refractivity contribution in [1.82, 2.24) is 14.7 Å². The van der Waals surface area contributed by atoms with Crippen LogP contribution in [0.3, 0.4) is 0 Å². The number of sulfonamides is 1. The molecule has 1 fully saturated rings. The zero-order valence-corrected chi connectivity index (χ0v) is 21.1. The number of rotatable bonds is 9. The van der Waals surface area contributed by atoms with Crippen LogP contribution in [0.15, 0.2) is 53.4 Å². The van der Waals surface area contributed by atoms with Gasteiger partial charge in [0.25, 0.3) is 0 Å². The molecular formula is C26H35N5O2S. The minimum absolute atomic E-state index is 0.333. The second-order valence-corrected chi connectivity index (χ2v) is 11.1. The molecule has 0 spiro atoms. The third-order valence-corrected chi connectivity index (χ3v) is 8.27. The summed E-state index contributed by atoms with van der Waals surface area (Å²) in [5.41, 5.74) is 1.99. The molecule has 2 N–H and O–H groups in total. The third-order valence-electron chi connectivity index (χ3n) is 6.83. The van der Waals surface area contributed by atoms with Gasteiger partial charge in [-0.1, -0.05) is 29.8 Å². The summed E-state index contributed by atoms with van der Waals surface area (Å²) in [5.74, 6) is 2.52. The Morgan fingerprint density at radius 1 is 0.941 bits per heavy atom. The van der Waals surface area contributed by atoms with Gasteiger partial charge in [-0.15, -0.1) is 0 Å². The summed E-state index contributed by atoms with van der Waals surface area (Å²) in [6.45, 7) is 6.26. The molecule has 0 unspecified atom stereocenters. The molecule has 0 aliphatic heterocycles. The van der Waals surface area contributed by atoms with Crippen LogP contribution in [0.2, 0.25) is 0 Å². The lowest BCUT2D eigenvalue weighted by Gasteiger charge is -2.29. The van der Waals surface area contributed by atoms with E-state index in [1.54, 1.807) is 12.1 Å². The van der Waals surface area contributed by atoms with Crippen LogP contribution in [0, 0.1) is 18.8 Å². The molecule has 1 saturated carbocycles. The van der Waals surface area contributed by atoms with E-state index in [-0.39, 0.29) is 0 Å². The van der Waals surface area contributed by atoms with E-state index in [2.05, 4.69) is 27.9 Å². The molecule has 0 bridgehead atoms. The van der Waals surface area contributed by atoms with Gasteiger partial charge in [0, 0.05) is 32.1 Å². The Balaban J connectivity index is 1.29. The van der Waals surface area contributed by atoms with Gasteiger partial charge in [-0.25, -0.2) is 18.1 Å². The smallest absolute Gasteiger partial charge is 0.240 e. The minimum atomic E-state index is -3.45. The lowest BCUT2D eigenvalue weighted by Crippen LogP contribution is -2.32. The number of fused-ring (bicyclic) bond motifs is 1. The van der Waals surface area contributed by atoms with Crippen molar-refractivity contribution >= 4 is 32.7 Å². The third kappa shape index (κ3) is 5.85. The van der Waals surface area contributed by atoms with Crippen LogP contribution >= 0.6 is 0 Å².